The first-order chi connectivity index (χ1) is 27.3. The van der Waals surface area contributed by atoms with Crippen molar-refractivity contribution in [2.24, 2.45) is 5.92 Å². The van der Waals surface area contributed by atoms with Gasteiger partial charge in [0.25, 0.3) is 0 Å². The van der Waals surface area contributed by atoms with Crippen LogP contribution in [0.2, 0.25) is 0 Å². The molecular formula is C44H47N5O7. The number of carbonyl (C=O) groups excluding carboxylic acids is 1. The maximum atomic E-state index is 13.2. The summed E-state index contributed by atoms with van der Waals surface area (Å²) in [6.07, 6.45) is 3.83. The molecule has 0 unspecified atom stereocenters. The summed E-state index contributed by atoms with van der Waals surface area (Å²) in [5.74, 6) is -0.00979. The third-order valence-electron chi connectivity index (χ3n) is 11.3. The summed E-state index contributed by atoms with van der Waals surface area (Å²) < 4.78 is 13.3. The van der Waals surface area contributed by atoms with Crippen molar-refractivity contribution in [1.29, 1.82) is 0 Å². The van der Waals surface area contributed by atoms with Crippen LogP contribution >= 0.6 is 0 Å². The van der Waals surface area contributed by atoms with Crippen molar-refractivity contribution in [3.8, 4) is 16.9 Å². The number of piperidine rings is 3. The molecule has 1 amide bonds. The van der Waals surface area contributed by atoms with Gasteiger partial charge in [-0.25, -0.2) is 9.59 Å². The molecule has 3 aliphatic rings. The second-order valence-corrected chi connectivity index (χ2v) is 15.0. The first kappa shape index (κ1) is 37.2. The molecule has 0 saturated carbocycles. The number of hydrogen-bond donors (Lipinski definition) is 5. The number of anilines is 1. The Kier molecular flexibility index (Phi) is 11.0. The molecule has 6 aromatic rings. The number of fused-ring (bicyclic) bond motifs is 5. The van der Waals surface area contributed by atoms with Gasteiger partial charge in [-0.1, -0.05) is 54.6 Å². The zero-order valence-corrected chi connectivity index (χ0v) is 31.2. The second kappa shape index (κ2) is 16.6. The van der Waals surface area contributed by atoms with Gasteiger partial charge in [-0.2, -0.15) is 0 Å². The van der Waals surface area contributed by atoms with Crippen LogP contribution in [0.3, 0.4) is 0 Å². The quantitative estimate of drug-likeness (QED) is 0.0799. The predicted molar refractivity (Wildman–Crippen MR) is 216 cm³/mol. The summed E-state index contributed by atoms with van der Waals surface area (Å²) in [6.45, 7) is 4.34. The van der Waals surface area contributed by atoms with Crippen LogP contribution < -0.4 is 21.9 Å². The molecule has 56 heavy (non-hydrogen) atoms. The Hall–Kier alpha value is -5.69. The topological polar surface area (TPSA) is 162 Å². The van der Waals surface area contributed by atoms with Gasteiger partial charge in [-0.05, 0) is 117 Å². The van der Waals surface area contributed by atoms with E-state index in [-0.39, 0.29) is 29.7 Å². The maximum absolute atomic E-state index is 13.2. The lowest BCUT2D eigenvalue weighted by Crippen LogP contribution is -2.52. The summed E-state index contributed by atoms with van der Waals surface area (Å²) in [6, 6.07) is 28.1. The fourth-order valence-corrected chi connectivity index (χ4v) is 8.25. The number of pyridine rings is 1. The van der Waals surface area contributed by atoms with Crippen LogP contribution in [0.1, 0.15) is 48.5 Å². The molecule has 2 bridgehead atoms. The number of phenolic OH excluding ortho intramolecular Hbond substituents is 1. The zero-order chi connectivity index (χ0) is 38.6. The molecule has 3 fully saturated rings. The lowest BCUT2D eigenvalue weighted by atomic mass is 9.86. The van der Waals surface area contributed by atoms with E-state index >= 15 is 0 Å². The Balaban J connectivity index is 0.849. The number of H-pyrrole nitrogens is 1. The first-order valence-corrected chi connectivity index (χ1v) is 19.5. The molecule has 12 heteroatoms. The fourth-order valence-electron chi connectivity index (χ4n) is 8.25. The lowest BCUT2D eigenvalue weighted by molar-refractivity contribution is -0.0289. The third-order valence-corrected chi connectivity index (χ3v) is 11.3. The first-order valence-electron chi connectivity index (χ1n) is 19.5. The van der Waals surface area contributed by atoms with E-state index in [0.29, 0.717) is 47.5 Å². The molecule has 2 aromatic heterocycles. The van der Waals surface area contributed by atoms with E-state index in [1.807, 2.05) is 54.6 Å². The number of aromatic nitrogens is 2. The van der Waals surface area contributed by atoms with E-state index in [4.69, 9.17) is 9.15 Å². The Morgan fingerprint density at radius 3 is 2.54 bits per heavy atom. The molecule has 0 radical (unpaired) electrons. The number of phenols is 1. The van der Waals surface area contributed by atoms with Gasteiger partial charge in [0, 0.05) is 36.7 Å². The smallest absolute Gasteiger partial charge is 0.419 e. The van der Waals surface area contributed by atoms with Crippen LogP contribution in [0.5, 0.6) is 5.75 Å². The van der Waals surface area contributed by atoms with Crippen molar-refractivity contribution in [2.75, 3.05) is 38.0 Å². The van der Waals surface area contributed by atoms with Crippen LogP contribution in [0.4, 0.5) is 10.5 Å². The number of aliphatic hydroxyl groups is 1. The molecule has 2 atom stereocenters. The van der Waals surface area contributed by atoms with Gasteiger partial charge in [-0.3, -0.25) is 19.6 Å². The number of unbranched alkanes of at least 4 members (excludes halogenated alkanes) is 1. The van der Waals surface area contributed by atoms with Gasteiger partial charge in [-0.15, -0.1) is 0 Å². The number of aromatic hydroxyl groups is 1. The van der Waals surface area contributed by atoms with Crippen LogP contribution in [-0.2, 0) is 24.1 Å². The van der Waals surface area contributed by atoms with E-state index in [9.17, 15) is 24.6 Å². The van der Waals surface area contributed by atoms with Gasteiger partial charge in [0.15, 0.2) is 5.58 Å². The van der Waals surface area contributed by atoms with Crippen LogP contribution in [0.15, 0.2) is 105 Å². The monoisotopic (exact) mass is 757 g/mol. The molecule has 3 saturated heterocycles. The lowest BCUT2D eigenvalue weighted by Gasteiger charge is -2.43. The summed E-state index contributed by atoms with van der Waals surface area (Å²) in [4.78, 5) is 42.8. The number of aromatic amines is 1. The highest BCUT2D eigenvalue weighted by atomic mass is 16.6. The predicted octanol–water partition coefficient (Wildman–Crippen LogP) is 6.34. The Bertz CT molecular complexity index is 2450. The van der Waals surface area contributed by atoms with Gasteiger partial charge in [0.2, 0.25) is 5.56 Å². The highest BCUT2D eigenvalue weighted by molar-refractivity contribution is 5.92. The number of hydrogen-bond acceptors (Lipinski definition) is 9. The largest absolute Gasteiger partial charge is 0.506 e. The van der Waals surface area contributed by atoms with Crippen molar-refractivity contribution < 1.29 is 24.2 Å². The van der Waals surface area contributed by atoms with E-state index < -0.39 is 12.2 Å². The number of aliphatic hydroxyl groups excluding tert-OH is 1. The minimum absolute atomic E-state index is 0.0511. The SMILES string of the molecule is O=C(Nc1cc(CCCCn2c(=O)oc3cc(CCNC[C@H](O)c4ccc(O)c5[nH]c(=O)ccc45)ccc32)ccc1-c1ccccc1)O[C@@H]1CN2CCC1CC2. The Morgan fingerprint density at radius 1 is 0.929 bits per heavy atom. The van der Waals surface area contributed by atoms with E-state index in [0.717, 1.165) is 85.2 Å². The molecular weight excluding hydrogens is 711 g/mol. The van der Waals surface area contributed by atoms with Gasteiger partial charge >= 0.3 is 11.8 Å². The van der Waals surface area contributed by atoms with E-state index in [2.05, 4.69) is 32.7 Å². The standard InChI is InChI=1S/C44H47N5O7/c50-37-15-12-33(34-13-16-41(52)47-42(34)37)38(51)26-45-20-17-29-10-14-36-39(25-29)56-44(54)49(36)21-5-4-6-28-9-11-32(30-7-2-1-3-8-30)35(24-28)46-43(53)55-40-27-48-22-18-31(40)19-23-48/h1-3,7-16,24-25,31,38,40,45,50-51H,4-6,17-23,26-27H2,(H,46,53)(H,47,52)/t38-,40+/m0/s1. The number of aryl methyl sites for hydroxylation is 2. The molecule has 9 rings (SSSR count). The maximum Gasteiger partial charge on any atom is 0.419 e. The minimum atomic E-state index is -0.852. The number of carbonyl (C=O) groups is 1. The number of amides is 1. The number of benzene rings is 4. The summed E-state index contributed by atoms with van der Waals surface area (Å²) in [5.41, 5.74) is 6.61. The molecule has 12 nitrogen and oxygen atoms in total. The number of oxazole rings is 1. The van der Waals surface area contributed by atoms with Crippen molar-refractivity contribution in [2.45, 2.75) is 57.3 Å². The average Bonchev–Trinajstić information content (AvgIpc) is 3.52. The van der Waals surface area contributed by atoms with Gasteiger partial charge < -0.3 is 29.7 Å². The van der Waals surface area contributed by atoms with Crippen molar-refractivity contribution in [3.05, 3.63) is 129 Å². The number of nitrogens with one attached hydrogen (secondary N) is 3. The molecule has 5 N–H and O–H groups in total. The Morgan fingerprint density at radius 2 is 1.73 bits per heavy atom. The number of ether oxygens (including phenoxy) is 1. The molecule has 290 valence electrons. The normalized spacial score (nSPS) is 18.3. The van der Waals surface area contributed by atoms with Crippen molar-refractivity contribution >= 4 is 33.8 Å². The molecule has 3 aliphatic heterocycles. The highest BCUT2D eigenvalue weighted by Crippen LogP contribution is 2.33. The highest BCUT2D eigenvalue weighted by Gasteiger charge is 2.36. The summed E-state index contributed by atoms with van der Waals surface area (Å²) in [7, 11) is 0. The molecule has 4 aromatic carbocycles. The summed E-state index contributed by atoms with van der Waals surface area (Å²) >= 11 is 0. The fraction of sp³-hybridized carbons (Fsp3) is 0.341. The van der Waals surface area contributed by atoms with Gasteiger partial charge in [0.1, 0.15) is 11.9 Å². The van der Waals surface area contributed by atoms with Gasteiger partial charge in [0.05, 0.1) is 22.8 Å². The van der Waals surface area contributed by atoms with E-state index in [1.54, 1.807) is 16.7 Å². The van der Waals surface area contributed by atoms with Crippen LogP contribution in [0.25, 0.3) is 33.1 Å². The third kappa shape index (κ3) is 8.28. The molecule has 0 aliphatic carbocycles. The zero-order valence-electron chi connectivity index (χ0n) is 31.2. The van der Waals surface area contributed by atoms with Crippen molar-refractivity contribution in [3.63, 3.8) is 0 Å². The average molecular weight is 758 g/mol. The van der Waals surface area contributed by atoms with E-state index in [1.165, 1.54) is 12.1 Å². The molecule has 5 heterocycles. The Labute approximate surface area is 323 Å². The van der Waals surface area contributed by atoms with Crippen molar-refractivity contribution in [1.82, 2.24) is 19.8 Å². The van der Waals surface area contributed by atoms with Crippen LogP contribution in [0, 0.1) is 5.92 Å². The van der Waals surface area contributed by atoms with Crippen LogP contribution in [-0.4, -0.2) is 69.6 Å². The second-order valence-electron chi connectivity index (χ2n) is 15.0. The minimum Gasteiger partial charge on any atom is -0.506 e. The summed E-state index contributed by atoms with van der Waals surface area (Å²) in [5, 5.41) is 27.9. The molecule has 0 spiro atoms. The number of nitrogens with zero attached hydrogens (tertiary/aromatic N) is 2. The number of rotatable bonds is 14.